The number of hydrogen-bond donors (Lipinski definition) is 0. The molecule has 112 valence electrons. The van der Waals surface area contributed by atoms with Gasteiger partial charge < -0.3 is 9.47 Å². The van der Waals surface area contributed by atoms with Gasteiger partial charge in [0.15, 0.2) is 0 Å². The van der Waals surface area contributed by atoms with Crippen LogP contribution in [-0.2, 0) is 11.3 Å². The highest BCUT2D eigenvalue weighted by Gasteiger charge is 2.32. The number of hydrogen-bond acceptors (Lipinski definition) is 3. The fourth-order valence-electron chi connectivity index (χ4n) is 2.45. The smallest absolute Gasteiger partial charge is 0.405 e. The minimum atomic E-state index is -4.66. The number of likely N-dealkylation sites (tertiary alicyclic amines) is 1. The topological polar surface area (TPSA) is 21.7 Å². The highest BCUT2D eigenvalue weighted by atomic mass is 19.4. The van der Waals surface area contributed by atoms with Crippen LogP contribution in [0.1, 0.15) is 18.4 Å². The summed E-state index contributed by atoms with van der Waals surface area (Å²) in [6.07, 6.45) is -2.53. The zero-order valence-electron chi connectivity index (χ0n) is 11.3. The lowest BCUT2D eigenvalue weighted by molar-refractivity contribution is -0.275. The van der Waals surface area contributed by atoms with E-state index in [1.54, 1.807) is 25.3 Å². The van der Waals surface area contributed by atoms with E-state index in [1.807, 2.05) is 0 Å². The Morgan fingerprint density at radius 1 is 1.30 bits per heavy atom. The van der Waals surface area contributed by atoms with E-state index in [0.717, 1.165) is 25.9 Å². The maximum absolute atomic E-state index is 12.4. The van der Waals surface area contributed by atoms with Gasteiger partial charge in [-0.1, -0.05) is 18.2 Å². The highest BCUT2D eigenvalue weighted by Crippen LogP contribution is 2.28. The van der Waals surface area contributed by atoms with Gasteiger partial charge in [-0.3, -0.25) is 4.90 Å². The fraction of sp³-hybridized carbons (Fsp3) is 0.571. The molecule has 1 aromatic carbocycles. The number of piperidine rings is 1. The first-order chi connectivity index (χ1) is 9.48. The SMILES string of the molecule is CO[C@H]1CCCN(Cc2ccccc2OC(F)(F)F)C1. The van der Waals surface area contributed by atoms with Crippen LogP contribution in [0.25, 0.3) is 0 Å². The molecule has 0 aliphatic carbocycles. The molecule has 1 saturated heterocycles. The number of para-hydroxylation sites is 1. The van der Waals surface area contributed by atoms with E-state index < -0.39 is 6.36 Å². The van der Waals surface area contributed by atoms with Crippen LogP contribution in [0.15, 0.2) is 24.3 Å². The number of rotatable bonds is 4. The number of methoxy groups -OCH3 is 1. The predicted octanol–water partition coefficient (Wildman–Crippen LogP) is 3.20. The Bertz CT molecular complexity index is 437. The molecule has 6 heteroatoms. The quantitative estimate of drug-likeness (QED) is 0.849. The molecule has 0 amide bonds. The van der Waals surface area contributed by atoms with Crippen LogP contribution in [-0.4, -0.2) is 37.6 Å². The third kappa shape index (κ3) is 4.38. The van der Waals surface area contributed by atoms with Crippen LogP contribution in [0, 0.1) is 0 Å². The lowest BCUT2D eigenvalue weighted by Crippen LogP contribution is -2.38. The summed E-state index contributed by atoms with van der Waals surface area (Å²) < 4.78 is 46.5. The zero-order valence-corrected chi connectivity index (χ0v) is 11.3. The minimum Gasteiger partial charge on any atom is -0.405 e. The van der Waals surface area contributed by atoms with Crippen molar-refractivity contribution in [2.45, 2.75) is 31.9 Å². The Kier molecular flexibility index (Phi) is 4.88. The average Bonchev–Trinajstić information content (AvgIpc) is 2.40. The van der Waals surface area contributed by atoms with Crippen LogP contribution < -0.4 is 4.74 Å². The Labute approximate surface area is 116 Å². The minimum absolute atomic E-state index is 0.125. The summed E-state index contributed by atoms with van der Waals surface area (Å²) in [6.45, 7) is 2.03. The van der Waals surface area contributed by atoms with Crippen LogP contribution >= 0.6 is 0 Å². The molecule has 0 aromatic heterocycles. The summed E-state index contributed by atoms with van der Waals surface area (Å²) in [6, 6.07) is 6.27. The Balaban J connectivity index is 2.05. The summed E-state index contributed by atoms with van der Waals surface area (Å²) in [7, 11) is 1.66. The van der Waals surface area contributed by atoms with Crippen molar-refractivity contribution in [3.63, 3.8) is 0 Å². The molecule has 1 aromatic rings. The van der Waals surface area contributed by atoms with E-state index in [4.69, 9.17) is 4.74 Å². The van der Waals surface area contributed by atoms with Gasteiger partial charge in [0.2, 0.25) is 0 Å². The molecule has 0 radical (unpaired) electrons. The van der Waals surface area contributed by atoms with Crippen molar-refractivity contribution in [3.8, 4) is 5.75 Å². The molecular weight excluding hydrogens is 271 g/mol. The summed E-state index contributed by atoms with van der Waals surface area (Å²) in [5.74, 6) is -0.125. The lowest BCUT2D eigenvalue weighted by Gasteiger charge is -2.32. The van der Waals surface area contributed by atoms with Crippen molar-refractivity contribution in [3.05, 3.63) is 29.8 Å². The predicted molar refractivity (Wildman–Crippen MR) is 68.4 cm³/mol. The molecule has 0 unspecified atom stereocenters. The van der Waals surface area contributed by atoms with Gasteiger partial charge in [-0.2, -0.15) is 0 Å². The fourth-order valence-corrected chi connectivity index (χ4v) is 2.45. The first-order valence-electron chi connectivity index (χ1n) is 6.57. The zero-order chi connectivity index (χ0) is 14.6. The maximum atomic E-state index is 12.4. The van der Waals surface area contributed by atoms with Crippen molar-refractivity contribution < 1.29 is 22.6 Å². The first kappa shape index (κ1) is 15.1. The van der Waals surface area contributed by atoms with Crippen LogP contribution in [0.3, 0.4) is 0 Å². The van der Waals surface area contributed by atoms with Crippen LogP contribution in [0.5, 0.6) is 5.75 Å². The van der Waals surface area contributed by atoms with Gasteiger partial charge in [-0.05, 0) is 25.5 Å². The van der Waals surface area contributed by atoms with Crippen molar-refractivity contribution in [2.75, 3.05) is 20.2 Å². The van der Waals surface area contributed by atoms with Gasteiger partial charge in [0.1, 0.15) is 5.75 Å². The molecule has 1 aliphatic heterocycles. The first-order valence-corrected chi connectivity index (χ1v) is 6.57. The summed E-state index contributed by atoms with van der Waals surface area (Å²) in [4.78, 5) is 2.09. The average molecular weight is 289 g/mol. The molecule has 1 fully saturated rings. The van der Waals surface area contributed by atoms with Gasteiger partial charge in [0.25, 0.3) is 0 Å². The summed E-state index contributed by atoms with van der Waals surface area (Å²) in [5, 5.41) is 0. The summed E-state index contributed by atoms with van der Waals surface area (Å²) >= 11 is 0. The van der Waals surface area contributed by atoms with Gasteiger partial charge in [-0.15, -0.1) is 13.2 Å². The molecule has 0 spiro atoms. The molecule has 1 aliphatic rings. The third-order valence-corrected chi connectivity index (χ3v) is 3.39. The van der Waals surface area contributed by atoms with Crippen molar-refractivity contribution in [2.24, 2.45) is 0 Å². The van der Waals surface area contributed by atoms with Gasteiger partial charge in [0.05, 0.1) is 6.10 Å². The standard InChI is InChI=1S/C14H18F3NO2/c1-19-12-6-4-8-18(10-12)9-11-5-2-3-7-13(11)20-14(15,16)17/h2-3,5,7,12H,4,6,8-10H2,1H3/t12-/m0/s1. The van der Waals surface area contributed by atoms with Crippen molar-refractivity contribution in [1.82, 2.24) is 4.90 Å². The van der Waals surface area contributed by atoms with Gasteiger partial charge >= 0.3 is 6.36 Å². The maximum Gasteiger partial charge on any atom is 0.573 e. The second kappa shape index (κ2) is 6.45. The Hall–Kier alpha value is -1.27. The Morgan fingerprint density at radius 2 is 2.05 bits per heavy atom. The van der Waals surface area contributed by atoms with Gasteiger partial charge in [-0.25, -0.2) is 0 Å². The number of ether oxygens (including phenoxy) is 2. The summed E-state index contributed by atoms with van der Waals surface area (Å²) in [5.41, 5.74) is 0.543. The second-order valence-corrected chi connectivity index (χ2v) is 4.89. The lowest BCUT2D eigenvalue weighted by atomic mass is 10.1. The molecular formula is C14H18F3NO2. The van der Waals surface area contributed by atoms with E-state index in [9.17, 15) is 13.2 Å². The van der Waals surface area contributed by atoms with Gasteiger partial charge in [0, 0.05) is 25.8 Å². The van der Waals surface area contributed by atoms with E-state index in [2.05, 4.69) is 9.64 Å². The molecule has 0 bridgehead atoms. The number of alkyl halides is 3. The van der Waals surface area contributed by atoms with E-state index in [-0.39, 0.29) is 11.9 Å². The monoisotopic (exact) mass is 289 g/mol. The van der Waals surface area contributed by atoms with E-state index in [0.29, 0.717) is 12.1 Å². The van der Waals surface area contributed by atoms with E-state index >= 15 is 0 Å². The Morgan fingerprint density at radius 3 is 2.75 bits per heavy atom. The normalized spacial score (nSPS) is 20.9. The van der Waals surface area contributed by atoms with Crippen LogP contribution in [0.2, 0.25) is 0 Å². The molecule has 2 rings (SSSR count). The number of halogens is 3. The molecule has 3 nitrogen and oxygen atoms in total. The molecule has 1 heterocycles. The van der Waals surface area contributed by atoms with Crippen molar-refractivity contribution in [1.29, 1.82) is 0 Å². The van der Waals surface area contributed by atoms with Crippen molar-refractivity contribution >= 4 is 0 Å². The molecule has 20 heavy (non-hydrogen) atoms. The van der Waals surface area contributed by atoms with E-state index in [1.165, 1.54) is 6.07 Å². The molecule has 0 saturated carbocycles. The van der Waals surface area contributed by atoms with Crippen LogP contribution in [0.4, 0.5) is 13.2 Å². The highest BCUT2D eigenvalue weighted by molar-refractivity contribution is 5.33. The molecule has 0 N–H and O–H groups in total. The molecule has 1 atom stereocenters. The largest absolute Gasteiger partial charge is 0.573 e. The number of benzene rings is 1. The number of nitrogens with zero attached hydrogens (tertiary/aromatic N) is 1. The third-order valence-electron chi connectivity index (χ3n) is 3.39. The second-order valence-electron chi connectivity index (χ2n) is 4.89.